The van der Waals surface area contributed by atoms with Gasteiger partial charge in [0.05, 0.1) is 13.4 Å². The molecule has 7 aromatic rings. The number of fused-ring (bicyclic) bond motifs is 7. The monoisotopic (exact) mass is 430 g/mol. The van der Waals surface area contributed by atoms with Crippen LogP contribution < -0.4 is 4.74 Å². The second-order valence-corrected chi connectivity index (χ2v) is 9.26. The molecule has 2 heterocycles. The maximum atomic E-state index is 5.71. The molecule has 0 aliphatic rings. The van der Waals surface area contributed by atoms with Gasteiger partial charge in [0.25, 0.3) is 0 Å². The summed E-state index contributed by atoms with van der Waals surface area (Å²) in [4.78, 5) is 0. The fourth-order valence-corrected chi connectivity index (χ4v) is 5.96. The van der Waals surface area contributed by atoms with Crippen molar-refractivity contribution in [2.45, 2.75) is 0 Å². The Kier molecular flexibility index (Phi) is 3.67. The Morgan fingerprint density at radius 2 is 1.53 bits per heavy atom. The second kappa shape index (κ2) is 6.59. The topological polar surface area (TPSA) is 22.4 Å². The molecule has 3 heteroatoms. The van der Waals surface area contributed by atoms with Crippen molar-refractivity contribution in [3.05, 3.63) is 91.2 Å². The lowest BCUT2D eigenvalue weighted by Gasteiger charge is -2.12. The highest BCUT2D eigenvalue weighted by Crippen LogP contribution is 2.42. The molecular weight excluding hydrogens is 412 g/mol. The highest BCUT2D eigenvalue weighted by atomic mass is 32.1. The summed E-state index contributed by atoms with van der Waals surface area (Å²) in [7, 11) is 1.70. The number of thiophene rings is 1. The van der Waals surface area contributed by atoms with E-state index in [-0.39, 0.29) is 0 Å². The van der Waals surface area contributed by atoms with Crippen LogP contribution in [0.25, 0.3) is 63.8 Å². The predicted octanol–water partition coefficient (Wildman–Crippen LogP) is 8.78. The Balaban J connectivity index is 1.66. The first-order valence-corrected chi connectivity index (χ1v) is 11.4. The molecule has 2 nitrogen and oxygen atoms in total. The molecule has 5 aromatic carbocycles. The maximum Gasteiger partial charge on any atom is 0.134 e. The summed E-state index contributed by atoms with van der Waals surface area (Å²) in [5.74, 6) is 0.863. The van der Waals surface area contributed by atoms with Crippen LogP contribution >= 0.6 is 11.3 Å². The van der Waals surface area contributed by atoms with E-state index in [0.717, 1.165) is 16.7 Å². The van der Waals surface area contributed by atoms with Gasteiger partial charge in [0.1, 0.15) is 11.3 Å². The quantitative estimate of drug-likeness (QED) is 0.256. The molecule has 0 spiro atoms. The van der Waals surface area contributed by atoms with Crippen molar-refractivity contribution < 1.29 is 9.15 Å². The number of methoxy groups -OCH3 is 1. The van der Waals surface area contributed by atoms with Crippen molar-refractivity contribution >= 4 is 64.0 Å². The third-order valence-corrected chi connectivity index (χ3v) is 7.56. The minimum absolute atomic E-state index is 0.863. The van der Waals surface area contributed by atoms with Crippen LogP contribution in [0, 0.1) is 0 Å². The SMILES string of the molecule is COc1ccc(-c2cc3cc4occc4cc3c3cc4sc5ccccc5c4cc23)cc1. The van der Waals surface area contributed by atoms with E-state index < -0.39 is 0 Å². The van der Waals surface area contributed by atoms with Crippen molar-refractivity contribution in [2.75, 3.05) is 7.11 Å². The molecule has 0 aliphatic carbocycles. The van der Waals surface area contributed by atoms with Gasteiger partial charge in [0.2, 0.25) is 0 Å². The van der Waals surface area contributed by atoms with Gasteiger partial charge >= 0.3 is 0 Å². The zero-order valence-corrected chi connectivity index (χ0v) is 18.2. The van der Waals surface area contributed by atoms with Crippen LogP contribution in [-0.4, -0.2) is 7.11 Å². The van der Waals surface area contributed by atoms with Crippen molar-refractivity contribution in [3.8, 4) is 16.9 Å². The summed E-state index contributed by atoms with van der Waals surface area (Å²) in [5.41, 5.74) is 3.31. The fraction of sp³-hybridized carbons (Fsp3) is 0.0345. The van der Waals surface area contributed by atoms with Gasteiger partial charge in [0.15, 0.2) is 0 Å². The van der Waals surface area contributed by atoms with Gasteiger partial charge in [-0.2, -0.15) is 0 Å². The van der Waals surface area contributed by atoms with Crippen LogP contribution in [0.1, 0.15) is 0 Å². The summed E-state index contributed by atoms with van der Waals surface area (Å²) in [5, 5.41) is 8.75. The molecule has 0 fully saturated rings. The maximum absolute atomic E-state index is 5.71. The van der Waals surface area contributed by atoms with Crippen LogP contribution in [0.5, 0.6) is 5.75 Å². The Bertz CT molecular complexity index is 1800. The minimum atomic E-state index is 0.863. The number of benzene rings is 5. The van der Waals surface area contributed by atoms with Crippen LogP contribution in [0.3, 0.4) is 0 Å². The molecule has 0 aliphatic heterocycles. The molecule has 0 saturated carbocycles. The minimum Gasteiger partial charge on any atom is -0.497 e. The molecule has 0 unspecified atom stereocenters. The smallest absolute Gasteiger partial charge is 0.134 e. The standard InChI is InChI=1S/C29H18O2S/c1-30-20-8-6-17(7-9-20)22-13-19-14-27-18(10-11-31-27)12-23(19)25-16-29-26(15-24(22)25)21-4-2-3-5-28(21)32-29/h2-16H,1H3. The number of ether oxygens (including phenoxy) is 1. The molecule has 0 atom stereocenters. The zero-order chi connectivity index (χ0) is 21.2. The molecule has 0 bridgehead atoms. The molecule has 2 aromatic heterocycles. The van der Waals surface area contributed by atoms with Gasteiger partial charge < -0.3 is 9.15 Å². The van der Waals surface area contributed by atoms with E-state index in [1.165, 1.54) is 52.8 Å². The van der Waals surface area contributed by atoms with Crippen molar-refractivity contribution in [1.82, 2.24) is 0 Å². The molecule has 0 amide bonds. The van der Waals surface area contributed by atoms with E-state index >= 15 is 0 Å². The Labute approximate surface area is 188 Å². The normalized spacial score (nSPS) is 11.9. The highest BCUT2D eigenvalue weighted by molar-refractivity contribution is 7.25. The van der Waals surface area contributed by atoms with E-state index in [9.17, 15) is 0 Å². The Hall–Kier alpha value is -3.82. The van der Waals surface area contributed by atoms with Gasteiger partial charge in [-0.05, 0) is 87.3 Å². The summed E-state index contributed by atoms with van der Waals surface area (Å²) >= 11 is 1.86. The van der Waals surface area contributed by atoms with E-state index in [2.05, 4.69) is 66.7 Å². The Morgan fingerprint density at radius 1 is 0.656 bits per heavy atom. The highest BCUT2D eigenvalue weighted by Gasteiger charge is 2.14. The number of rotatable bonds is 2. The zero-order valence-electron chi connectivity index (χ0n) is 17.4. The number of furan rings is 1. The molecule has 32 heavy (non-hydrogen) atoms. The fourth-order valence-electron chi connectivity index (χ4n) is 4.84. The summed E-state index contributed by atoms with van der Waals surface area (Å²) in [6, 6.07) is 30.5. The van der Waals surface area contributed by atoms with Gasteiger partial charge in [-0.3, -0.25) is 0 Å². The van der Waals surface area contributed by atoms with E-state index in [1.54, 1.807) is 13.4 Å². The Morgan fingerprint density at radius 3 is 2.41 bits per heavy atom. The van der Waals surface area contributed by atoms with Crippen molar-refractivity contribution in [2.24, 2.45) is 0 Å². The predicted molar refractivity (Wildman–Crippen MR) is 136 cm³/mol. The third-order valence-electron chi connectivity index (χ3n) is 6.42. The largest absolute Gasteiger partial charge is 0.497 e. The van der Waals surface area contributed by atoms with E-state index in [1.807, 2.05) is 29.5 Å². The first kappa shape index (κ1) is 17.8. The number of hydrogen-bond donors (Lipinski definition) is 0. The molecule has 0 N–H and O–H groups in total. The lowest BCUT2D eigenvalue weighted by molar-refractivity contribution is 0.415. The molecule has 152 valence electrons. The average molecular weight is 431 g/mol. The van der Waals surface area contributed by atoms with Gasteiger partial charge in [-0.25, -0.2) is 0 Å². The summed E-state index contributed by atoms with van der Waals surface area (Å²) < 4.78 is 13.7. The van der Waals surface area contributed by atoms with Crippen LogP contribution in [0.4, 0.5) is 0 Å². The lowest BCUT2D eigenvalue weighted by Crippen LogP contribution is -1.87. The molecule has 0 radical (unpaired) electrons. The van der Waals surface area contributed by atoms with Gasteiger partial charge in [-0.15, -0.1) is 11.3 Å². The molecular formula is C29H18O2S. The first-order valence-electron chi connectivity index (χ1n) is 10.6. The second-order valence-electron chi connectivity index (χ2n) is 8.18. The van der Waals surface area contributed by atoms with Gasteiger partial charge in [-0.1, -0.05) is 30.3 Å². The summed E-state index contributed by atoms with van der Waals surface area (Å²) in [6.45, 7) is 0. The lowest BCUT2D eigenvalue weighted by atomic mass is 9.91. The summed E-state index contributed by atoms with van der Waals surface area (Å²) in [6.07, 6.45) is 1.76. The van der Waals surface area contributed by atoms with E-state index in [4.69, 9.17) is 9.15 Å². The molecule has 0 saturated heterocycles. The number of hydrogen-bond acceptors (Lipinski definition) is 3. The molecule has 7 rings (SSSR count). The van der Waals surface area contributed by atoms with Crippen LogP contribution in [-0.2, 0) is 0 Å². The van der Waals surface area contributed by atoms with E-state index in [0.29, 0.717) is 0 Å². The van der Waals surface area contributed by atoms with Crippen LogP contribution in [0.15, 0.2) is 95.6 Å². The van der Waals surface area contributed by atoms with Gasteiger partial charge in [0, 0.05) is 25.6 Å². The first-order chi connectivity index (χ1) is 15.8. The van der Waals surface area contributed by atoms with Crippen molar-refractivity contribution in [3.63, 3.8) is 0 Å². The van der Waals surface area contributed by atoms with Crippen molar-refractivity contribution in [1.29, 1.82) is 0 Å². The average Bonchev–Trinajstić information content (AvgIpc) is 3.44. The van der Waals surface area contributed by atoms with Crippen LogP contribution in [0.2, 0.25) is 0 Å². The third kappa shape index (κ3) is 2.52.